The Kier molecular flexibility index (Phi) is 5.82. The van der Waals surface area contributed by atoms with Crippen molar-refractivity contribution >= 4 is 38.4 Å². The van der Waals surface area contributed by atoms with E-state index < -0.39 is 10.0 Å². The minimum absolute atomic E-state index is 0. The molecular weight excluding hydrogens is 308 g/mol. The minimum atomic E-state index is -3.58. The van der Waals surface area contributed by atoms with Crippen LogP contribution in [-0.2, 0) is 10.0 Å². The molecule has 15 heavy (non-hydrogen) atoms. The lowest BCUT2D eigenvalue weighted by molar-refractivity contribution is 0.425. The molecule has 1 aromatic rings. The molecule has 8 heteroatoms. The third-order valence-electron chi connectivity index (χ3n) is 1.52. The Bertz CT molecular complexity index is 406. The largest absolute Gasteiger partial charge is 0.437 e. The van der Waals surface area contributed by atoms with Crippen molar-refractivity contribution in [3.05, 3.63) is 16.8 Å². The van der Waals surface area contributed by atoms with Gasteiger partial charge in [0.15, 0.2) is 4.67 Å². The van der Waals surface area contributed by atoms with Crippen molar-refractivity contribution in [1.29, 1.82) is 0 Å². The van der Waals surface area contributed by atoms with Crippen LogP contribution in [0.5, 0.6) is 0 Å². The summed E-state index contributed by atoms with van der Waals surface area (Å²) in [5, 5.41) is -0.121. The summed E-state index contributed by atoms with van der Waals surface area (Å²) >= 11 is 3.02. The quantitative estimate of drug-likeness (QED) is 0.870. The fourth-order valence-electron chi connectivity index (χ4n) is 0.813. The van der Waals surface area contributed by atoms with Crippen LogP contribution >= 0.6 is 28.3 Å². The first-order valence-corrected chi connectivity index (χ1v) is 6.21. The fraction of sp³-hybridized carbons (Fsp3) is 0.429. The highest BCUT2D eigenvalue weighted by Crippen LogP contribution is 2.18. The molecule has 0 saturated heterocycles. The average molecular weight is 320 g/mol. The van der Waals surface area contributed by atoms with E-state index in [9.17, 15) is 8.42 Å². The summed E-state index contributed by atoms with van der Waals surface area (Å²) in [5.41, 5.74) is 5.30. The van der Waals surface area contributed by atoms with Crippen LogP contribution in [0.1, 0.15) is 6.92 Å². The molecule has 88 valence electrons. The number of furan rings is 1. The third kappa shape index (κ3) is 4.12. The summed E-state index contributed by atoms with van der Waals surface area (Å²) in [6.45, 7) is 1.91. The van der Waals surface area contributed by atoms with E-state index in [1.165, 1.54) is 12.1 Å². The van der Waals surface area contributed by atoms with E-state index in [4.69, 9.17) is 10.2 Å². The Morgan fingerprint density at radius 3 is 2.60 bits per heavy atom. The second-order valence-electron chi connectivity index (χ2n) is 2.82. The molecule has 0 aliphatic heterocycles. The first kappa shape index (κ1) is 14.9. The fourth-order valence-corrected chi connectivity index (χ4v) is 2.42. The summed E-state index contributed by atoms with van der Waals surface area (Å²) in [7, 11) is -3.58. The minimum Gasteiger partial charge on any atom is -0.437 e. The molecule has 0 bridgehead atoms. The van der Waals surface area contributed by atoms with Gasteiger partial charge >= 0.3 is 0 Å². The van der Waals surface area contributed by atoms with Gasteiger partial charge in [0, 0.05) is 12.6 Å². The summed E-state index contributed by atoms with van der Waals surface area (Å²) in [6.07, 6.45) is 0. The van der Waals surface area contributed by atoms with Gasteiger partial charge in [0.05, 0.1) is 0 Å². The van der Waals surface area contributed by atoms with Gasteiger partial charge in [-0.2, -0.15) is 0 Å². The Morgan fingerprint density at radius 2 is 2.20 bits per heavy atom. The maximum atomic E-state index is 11.5. The van der Waals surface area contributed by atoms with Gasteiger partial charge in [-0.25, -0.2) is 13.1 Å². The first-order valence-electron chi connectivity index (χ1n) is 3.93. The second-order valence-corrected chi connectivity index (χ2v) is 5.24. The highest BCUT2D eigenvalue weighted by atomic mass is 79.9. The van der Waals surface area contributed by atoms with Gasteiger partial charge in [-0.3, -0.25) is 0 Å². The number of nitrogens with one attached hydrogen (secondary N) is 1. The predicted molar refractivity (Wildman–Crippen MR) is 62.5 cm³/mol. The molecule has 0 radical (unpaired) electrons. The Morgan fingerprint density at radius 1 is 1.60 bits per heavy atom. The van der Waals surface area contributed by atoms with E-state index >= 15 is 0 Å². The van der Waals surface area contributed by atoms with Crippen LogP contribution in [0.4, 0.5) is 0 Å². The van der Waals surface area contributed by atoms with Crippen molar-refractivity contribution in [1.82, 2.24) is 4.72 Å². The predicted octanol–water partition coefficient (Wildman–Crippen LogP) is 1.09. The van der Waals surface area contributed by atoms with Gasteiger partial charge in [0.1, 0.15) is 0 Å². The molecule has 3 N–H and O–H groups in total. The summed E-state index contributed by atoms with van der Waals surface area (Å²) in [5.74, 6) is 0. The van der Waals surface area contributed by atoms with E-state index in [1.54, 1.807) is 6.92 Å². The Hall–Kier alpha value is -0.0800. The molecule has 1 aromatic heterocycles. The van der Waals surface area contributed by atoms with Crippen molar-refractivity contribution < 1.29 is 12.8 Å². The lowest BCUT2D eigenvalue weighted by Crippen LogP contribution is -2.37. The van der Waals surface area contributed by atoms with Crippen molar-refractivity contribution in [2.45, 2.75) is 18.1 Å². The van der Waals surface area contributed by atoms with Crippen LogP contribution < -0.4 is 10.5 Å². The summed E-state index contributed by atoms with van der Waals surface area (Å²) in [6, 6.07) is 2.57. The molecule has 0 aliphatic carbocycles. The van der Waals surface area contributed by atoms with Crippen LogP contribution in [0, 0.1) is 0 Å². The molecule has 1 heterocycles. The number of halogens is 2. The molecule has 0 spiro atoms. The highest BCUT2D eigenvalue weighted by Gasteiger charge is 2.20. The normalized spacial score (nSPS) is 13.3. The third-order valence-corrected chi connectivity index (χ3v) is 3.41. The zero-order valence-corrected chi connectivity index (χ0v) is 11.2. The van der Waals surface area contributed by atoms with Gasteiger partial charge in [0.25, 0.3) is 10.0 Å². The molecule has 0 saturated carbocycles. The van der Waals surface area contributed by atoms with Crippen LogP contribution in [0.15, 0.2) is 26.3 Å². The Labute approximate surface area is 103 Å². The lowest BCUT2D eigenvalue weighted by atomic mass is 10.4. The summed E-state index contributed by atoms with van der Waals surface area (Å²) in [4.78, 5) is 0. The van der Waals surface area contributed by atoms with Crippen LogP contribution in [0.3, 0.4) is 0 Å². The monoisotopic (exact) mass is 318 g/mol. The number of rotatable bonds is 4. The maximum absolute atomic E-state index is 11.5. The van der Waals surface area contributed by atoms with Gasteiger partial charge < -0.3 is 10.2 Å². The van der Waals surface area contributed by atoms with E-state index in [1.807, 2.05) is 0 Å². The van der Waals surface area contributed by atoms with Crippen LogP contribution in [0.25, 0.3) is 0 Å². The highest BCUT2D eigenvalue weighted by molar-refractivity contribution is 9.10. The van der Waals surface area contributed by atoms with Gasteiger partial charge in [-0.15, -0.1) is 12.4 Å². The molecule has 1 rings (SSSR count). The number of hydrogen-bond acceptors (Lipinski definition) is 4. The molecule has 5 nitrogen and oxygen atoms in total. The lowest BCUT2D eigenvalue weighted by Gasteiger charge is -2.09. The van der Waals surface area contributed by atoms with Crippen LogP contribution in [-0.4, -0.2) is 21.0 Å². The number of hydrogen-bond donors (Lipinski definition) is 2. The molecule has 0 unspecified atom stereocenters. The van der Waals surface area contributed by atoms with E-state index in [2.05, 4.69) is 20.7 Å². The standard InChI is InChI=1S/C7H11BrN2O3S.ClH/c1-5(4-9)10-14(11,12)7-3-2-6(8)13-7;/h2-3,5,10H,4,9H2,1H3;1H/t5-;/m0./s1. The number of nitrogens with two attached hydrogens (primary N) is 1. The number of sulfonamides is 1. The smallest absolute Gasteiger partial charge is 0.274 e. The van der Waals surface area contributed by atoms with Gasteiger partial charge in [-0.1, -0.05) is 0 Å². The summed E-state index contributed by atoms with van der Waals surface area (Å²) < 4.78 is 30.7. The first-order chi connectivity index (χ1) is 6.45. The van der Waals surface area contributed by atoms with Crippen molar-refractivity contribution in [3.8, 4) is 0 Å². The zero-order chi connectivity index (χ0) is 10.8. The van der Waals surface area contributed by atoms with Gasteiger partial charge in [0.2, 0.25) is 5.09 Å². The van der Waals surface area contributed by atoms with Gasteiger partial charge in [-0.05, 0) is 35.0 Å². The average Bonchev–Trinajstić information content (AvgIpc) is 2.51. The molecule has 0 amide bonds. The SMILES string of the molecule is C[C@@H](CN)NS(=O)(=O)c1ccc(Br)o1.Cl. The van der Waals surface area contributed by atoms with Crippen molar-refractivity contribution in [3.63, 3.8) is 0 Å². The second kappa shape index (κ2) is 5.86. The molecule has 0 fully saturated rings. The van der Waals surface area contributed by atoms with E-state index in [-0.39, 0.29) is 30.1 Å². The molecule has 0 aromatic carbocycles. The molecular formula is C7H12BrClN2O3S. The zero-order valence-electron chi connectivity index (χ0n) is 7.94. The topological polar surface area (TPSA) is 85.3 Å². The molecule has 1 atom stereocenters. The van der Waals surface area contributed by atoms with Crippen LogP contribution in [0.2, 0.25) is 0 Å². The van der Waals surface area contributed by atoms with E-state index in [0.29, 0.717) is 4.67 Å². The Balaban J connectivity index is 0.00000196. The van der Waals surface area contributed by atoms with E-state index in [0.717, 1.165) is 0 Å². The molecule has 0 aliphatic rings. The maximum Gasteiger partial charge on any atom is 0.274 e. The van der Waals surface area contributed by atoms with Crippen molar-refractivity contribution in [2.75, 3.05) is 6.54 Å². The van der Waals surface area contributed by atoms with Crippen molar-refractivity contribution in [2.24, 2.45) is 5.73 Å².